The minimum Gasteiger partial charge on any atom is -0.508 e. The standard InChI is InChI=1S/C27H36N6OS/c1-32-13-15-33(16-14-32)26-29-25(28-23-11-9-22-19-24(34)12-10-21(22)18-23)30-27(31-26)35-17-5-8-20-6-3-2-4-7-20/h2-4,6-7,10,12,19,23,27,34H,5,8-9,11,13-18H2,1H3,(H2,28,29,30,31). The van der Waals surface area contributed by atoms with Crippen molar-refractivity contribution in [3.05, 3.63) is 65.2 Å². The minimum absolute atomic E-state index is 0.128. The number of nitrogens with one attached hydrogen (secondary N) is 2. The average molecular weight is 493 g/mol. The Balaban J connectivity index is 1.22. The number of benzene rings is 2. The number of aliphatic imine (C=N–C) groups is 2. The van der Waals surface area contributed by atoms with E-state index in [2.05, 4.69) is 63.9 Å². The first kappa shape index (κ1) is 24.0. The number of nitrogens with zero attached hydrogens (tertiary/aromatic N) is 4. The predicted molar refractivity (Wildman–Crippen MR) is 145 cm³/mol. The van der Waals surface area contributed by atoms with E-state index in [9.17, 15) is 5.11 Å². The fourth-order valence-electron chi connectivity index (χ4n) is 4.91. The molecule has 1 saturated heterocycles. The van der Waals surface area contributed by atoms with E-state index in [0.717, 1.165) is 76.0 Å². The van der Waals surface area contributed by atoms with Crippen molar-refractivity contribution < 1.29 is 5.11 Å². The Kier molecular flexibility index (Phi) is 7.79. The summed E-state index contributed by atoms with van der Waals surface area (Å²) in [4.78, 5) is 14.6. The second kappa shape index (κ2) is 11.4. The van der Waals surface area contributed by atoms with Gasteiger partial charge in [-0.3, -0.25) is 5.32 Å². The second-order valence-electron chi connectivity index (χ2n) is 9.67. The molecule has 2 aromatic carbocycles. The SMILES string of the molecule is CN1CCN(C2=NC(SCCCc3ccccc3)N=C(NC3CCc4cc(O)ccc4C3)N2)CC1. The van der Waals surface area contributed by atoms with Gasteiger partial charge in [0.15, 0.2) is 5.50 Å². The van der Waals surface area contributed by atoms with E-state index in [1.807, 2.05) is 17.8 Å². The molecule has 35 heavy (non-hydrogen) atoms. The van der Waals surface area contributed by atoms with Crippen molar-refractivity contribution in [2.75, 3.05) is 39.0 Å². The smallest absolute Gasteiger partial charge is 0.203 e. The number of hydrogen-bond donors (Lipinski definition) is 3. The van der Waals surface area contributed by atoms with Crippen LogP contribution in [0.15, 0.2) is 58.5 Å². The highest BCUT2D eigenvalue weighted by Crippen LogP contribution is 2.25. The number of likely N-dealkylation sites (N-methyl/N-ethyl adjacent to an activating group) is 1. The van der Waals surface area contributed by atoms with Crippen LogP contribution in [-0.2, 0) is 19.3 Å². The van der Waals surface area contributed by atoms with Gasteiger partial charge in [-0.15, -0.1) is 11.8 Å². The molecule has 2 unspecified atom stereocenters. The van der Waals surface area contributed by atoms with Crippen LogP contribution in [0.2, 0.25) is 0 Å². The van der Waals surface area contributed by atoms with Gasteiger partial charge < -0.3 is 20.2 Å². The highest BCUT2D eigenvalue weighted by molar-refractivity contribution is 7.99. The van der Waals surface area contributed by atoms with Crippen LogP contribution in [0.25, 0.3) is 0 Å². The monoisotopic (exact) mass is 492 g/mol. The molecule has 186 valence electrons. The fraction of sp³-hybridized carbons (Fsp3) is 0.481. The number of rotatable bonds is 6. The zero-order chi connectivity index (χ0) is 24.0. The Morgan fingerprint density at radius 3 is 2.71 bits per heavy atom. The molecule has 0 radical (unpaired) electrons. The molecule has 0 amide bonds. The average Bonchev–Trinajstić information content (AvgIpc) is 2.88. The largest absolute Gasteiger partial charge is 0.508 e. The van der Waals surface area contributed by atoms with E-state index in [0.29, 0.717) is 11.8 Å². The molecule has 5 rings (SSSR count). The summed E-state index contributed by atoms with van der Waals surface area (Å²) in [6.45, 7) is 4.03. The van der Waals surface area contributed by atoms with Gasteiger partial charge in [0.2, 0.25) is 11.9 Å². The molecule has 8 heteroatoms. The molecule has 2 heterocycles. The first-order valence-corrected chi connectivity index (χ1v) is 13.8. The van der Waals surface area contributed by atoms with Gasteiger partial charge in [0.1, 0.15) is 5.75 Å². The Hall–Kier alpha value is -2.71. The van der Waals surface area contributed by atoms with E-state index < -0.39 is 0 Å². The van der Waals surface area contributed by atoms with Gasteiger partial charge >= 0.3 is 0 Å². The zero-order valence-electron chi connectivity index (χ0n) is 20.5. The number of thioether (sulfide) groups is 1. The summed E-state index contributed by atoms with van der Waals surface area (Å²) in [5, 5.41) is 17.0. The van der Waals surface area contributed by atoms with Crippen LogP contribution in [0.5, 0.6) is 5.75 Å². The maximum atomic E-state index is 9.80. The molecule has 2 aromatic rings. The number of phenolic OH excluding ortho intramolecular Hbond substituents is 1. The first-order chi connectivity index (χ1) is 17.1. The van der Waals surface area contributed by atoms with Crippen molar-refractivity contribution >= 4 is 23.7 Å². The summed E-state index contributed by atoms with van der Waals surface area (Å²) in [6, 6.07) is 16.7. The topological polar surface area (TPSA) is 75.5 Å². The van der Waals surface area contributed by atoms with E-state index in [-0.39, 0.29) is 5.50 Å². The summed E-state index contributed by atoms with van der Waals surface area (Å²) >= 11 is 1.82. The van der Waals surface area contributed by atoms with Gasteiger partial charge in [-0.1, -0.05) is 36.4 Å². The van der Waals surface area contributed by atoms with Crippen LogP contribution in [-0.4, -0.2) is 77.3 Å². The van der Waals surface area contributed by atoms with Crippen LogP contribution >= 0.6 is 11.8 Å². The third kappa shape index (κ3) is 6.49. The summed E-state index contributed by atoms with van der Waals surface area (Å²) in [7, 11) is 2.17. The molecule has 3 aliphatic rings. The molecule has 1 aliphatic carbocycles. The maximum Gasteiger partial charge on any atom is 0.203 e. The van der Waals surface area contributed by atoms with E-state index >= 15 is 0 Å². The van der Waals surface area contributed by atoms with Crippen LogP contribution in [0, 0.1) is 0 Å². The van der Waals surface area contributed by atoms with Gasteiger partial charge in [0.05, 0.1) is 0 Å². The van der Waals surface area contributed by atoms with E-state index in [1.54, 1.807) is 6.07 Å². The summed E-state index contributed by atoms with van der Waals surface area (Å²) < 4.78 is 0. The second-order valence-corrected chi connectivity index (χ2v) is 10.8. The first-order valence-electron chi connectivity index (χ1n) is 12.7. The lowest BCUT2D eigenvalue weighted by atomic mass is 9.88. The summed E-state index contributed by atoms with van der Waals surface area (Å²) in [5.41, 5.74) is 3.82. The molecule has 1 fully saturated rings. The Labute approximate surface area is 212 Å². The Bertz CT molecular complexity index is 1050. The number of aryl methyl sites for hydroxylation is 2. The highest BCUT2D eigenvalue weighted by Gasteiger charge is 2.26. The van der Waals surface area contributed by atoms with Crippen molar-refractivity contribution in [3.63, 3.8) is 0 Å². The number of phenols is 1. The molecular weight excluding hydrogens is 456 g/mol. The van der Waals surface area contributed by atoms with Gasteiger partial charge in [-0.2, -0.15) is 0 Å². The quantitative estimate of drug-likeness (QED) is 0.539. The van der Waals surface area contributed by atoms with Gasteiger partial charge in [-0.05, 0) is 73.7 Å². The molecule has 0 aromatic heterocycles. The summed E-state index contributed by atoms with van der Waals surface area (Å²) in [6.07, 6.45) is 5.12. The van der Waals surface area contributed by atoms with Crippen LogP contribution in [0.3, 0.4) is 0 Å². The number of hydrogen-bond acceptors (Lipinski definition) is 8. The third-order valence-electron chi connectivity index (χ3n) is 6.98. The predicted octanol–water partition coefficient (Wildman–Crippen LogP) is 3.05. The maximum absolute atomic E-state index is 9.80. The third-order valence-corrected chi connectivity index (χ3v) is 8.02. The van der Waals surface area contributed by atoms with Crippen molar-refractivity contribution in [2.24, 2.45) is 9.98 Å². The van der Waals surface area contributed by atoms with Crippen LogP contribution in [0.1, 0.15) is 29.5 Å². The Morgan fingerprint density at radius 1 is 1.06 bits per heavy atom. The number of guanidine groups is 2. The molecule has 0 bridgehead atoms. The molecular formula is C27H36N6OS. The Morgan fingerprint density at radius 2 is 1.89 bits per heavy atom. The molecule has 2 atom stereocenters. The van der Waals surface area contributed by atoms with E-state index in [1.165, 1.54) is 16.7 Å². The number of aromatic hydroxyl groups is 1. The van der Waals surface area contributed by atoms with Crippen molar-refractivity contribution in [1.82, 2.24) is 20.4 Å². The number of piperazine rings is 1. The lowest BCUT2D eigenvalue weighted by molar-refractivity contribution is 0.212. The molecule has 7 nitrogen and oxygen atoms in total. The highest BCUT2D eigenvalue weighted by atomic mass is 32.2. The molecule has 0 spiro atoms. The van der Waals surface area contributed by atoms with Gasteiger partial charge in [0.25, 0.3) is 0 Å². The zero-order valence-corrected chi connectivity index (χ0v) is 21.3. The van der Waals surface area contributed by atoms with Crippen LogP contribution in [0.4, 0.5) is 0 Å². The number of fused-ring (bicyclic) bond motifs is 1. The van der Waals surface area contributed by atoms with Crippen LogP contribution < -0.4 is 10.6 Å². The van der Waals surface area contributed by atoms with Crippen molar-refractivity contribution in [1.29, 1.82) is 0 Å². The lowest BCUT2D eigenvalue weighted by Gasteiger charge is -2.37. The molecule has 0 saturated carbocycles. The molecule has 3 N–H and O–H groups in total. The van der Waals surface area contributed by atoms with Gasteiger partial charge in [-0.25, -0.2) is 9.98 Å². The summed E-state index contributed by atoms with van der Waals surface area (Å²) in [5.74, 6) is 3.16. The van der Waals surface area contributed by atoms with Gasteiger partial charge in [0, 0.05) is 32.2 Å². The van der Waals surface area contributed by atoms with E-state index in [4.69, 9.17) is 9.98 Å². The molecule has 2 aliphatic heterocycles. The normalized spacial score (nSPS) is 22.6. The van der Waals surface area contributed by atoms with Crippen molar-refractivity contribution in [3.8, 4) is 5.75 Å². The minimum atomic E-state index is -0.128. The van der Waals surface area contributed by atoms with Crippen molar-refractivity contribution in [2.45, 2.75) is 43.6 Å². The lowest BCUT2D eigenvalue weighted by Crippen LogP contribution is -2.57. The fourth-order valence-corrected chi connectivity index (χ4v) is 5.79.